The minimum Gasteiger partial charge on any atom is -0.373 e. The van der Waals surface area contributed by atoms with Crippen LogP contribution < -0.4 is 10.6 Å². The molecule has 1 amide bonds. The zero-order valence-electron chi connectivity index (χ0n) is 9.77. The van der Waals surface area contributed by atoms with Crippen molar-refractivity contribution in [3.8, 4) is 0 Å². The third-order valence-corrected chi connectivity index (χ3v) is 4.26. The molecular weight excluding hydrogens is 200 g/mol. The average molecular weight is 220 g/mol. The minimum absolute atomic E-state index is 0.229. The quantitative estimate of drug-likeness (QED) is 0.657. The van der Waals surface area contributed by atoms with Gasteiger partial charge in [-0.3, -0.25) is 4.79 Å². The van der Waals surface area contributed by atoms with Gasteiger partial charge in [0.05, 0.1) is 0 Å². The summed E-state index contributed by atoms with van der Waals surface area (Å²) in [4.78, 5) is 12.2. The van der Waals surface area contributed by atoms with Crippen molar-refractivity contribution in [2.75, 3.05) is 0 Å². The lowest BCUT2D eigenvalue weighted by Crippen LogP contribution is -2.61. The number of carbonyl (C=O) groups is 1. The highest BCUT2D eigenvalue weighted by Crippen LogP contribution is 2.35. The standard InChI is InChI=1S/C13H20N2O/c16-12-13(8-4-1-5-9-13)15-11-7-3-2-6-10(11)14-12/h15H,1-9H2,(H,14,16). The summed E-state index contributed by atoms with van der Waals surface area (Å²) in [6, 6.07) is 0. The van der Waals surface area contributed by atoms with E-state index in [1.54, 1.807) is 0 Å². The van der Waals surface area contributed by atoms with E-state index in [0.29, 0.717) is 0 Å². The van der Waals surface area contributed by atoms with Crippen molar-refractivity contribution >= 4 is 5.91 Å². The summed E-state index contributed by atoms with van der Waals surface area (Å²) >= 11 is 0. The van der Waals surface area contributed by atoms with Crippen molar-refractivity contribution in [1.29, 1.82) is 0 Å². The molecular formula is C13H20N2O. The van der Waals surface area contributed by atoms with Crippen molar-refractivity contribution in [1.82, 2.24) is 10.6 Å². The fourth-order valence-corrected chi connectivity index (χ4v) is 3.29. The van der Waals surface area contributed by atoms with Crippen LogP contribution in [0.5, 0.6) is 0 Å². The molecule has 1 heterocycles. The second kappa shape index (κ2) is 3.79. The summed E-state index contributed by atoms with van der Waals surface area (Å²) < 4.78 is 0. The number of hydrogen-bond acceptors (Lipinski definition) is 2. The Morgan fingerprint density at radius 2 is 1.56 bits per heavy atom. The third-order valence-electron chi connectivity index (χ3n) is 4.26. The summed E-state index contributed by atoms with van der Waals surface area (Å²) in [5, 5.41) is 6.75. The number of rotatable bonds is 0. The van der Waals surface area contributed by atoms with Crippen LogP contribution in [0.1, 0.15) is 57.8 Å². The molecule has 1 saturated carbocycles. The van der Waals surface area contributed by atoms with Crippen LogP contribution in [0.4, 0.5) is 0 Å². The lowest BCUT2D eigenvalue weighted by molar-refractivity contribution is -0.129. The van der Waals surface area contributed by atoms with Crippen molar-refractivity contribution in [3.05, 3.63) is 11.4 Å². The first kappa shape index (κ1) is 10.2. The molecule has 0 aromatic heterocycles. The molecule has 2 aliphatic carbocycles. The van der Waals surface area contributed by atoms with Crippen molar-refractivity contribution in [3.63, 3.8) is 0 Å². The van der Waals surface area contributed by atoms with E-state index in [0.717, 1.165) is 25.7 Å². The van der Waals surface area contributed by atoms with Crippen LogP contribution in [0, 0.1) is 0 Å². The molecule has 0 aromatic rings. The molecule has 1 aliphatic heterocycles. The topological polar surface area (TPSA) is 41.1 Å². The fourth-order valence-electron chi connectivity index (χ4n) is 3.29. The smallest absolute Gasteiger partial charge is 0.249 e. The van der Waals surface area contributed by atoms with Crippen molar-refractivity contribution in [2.45, 2.75) is 63.3 Å². The summed E-state index contributed by atoms with van der Waals surface area (Å²) in [7, 11) is 0. The van der Waals surface area contributed by atoms with Gasteiger partial charge >= 0.3 is 0 Å². The number of allylic oxidation sites excluding steroid dienone is 2. The Bertz CT molecular complexity index is 340. The van der Waals surface area contributed by atoms with Gasteiger partial charge in [-0.1, -0.05) is 19.3 Å². The molecule has 3 rings (SSSR count). The van der Waals surface area contributed by atoms with Gasteiger partial charge in [-0.15, -0.1) is 0 Å². The average Bonchev–Trinajstić information content (AvgIpc) is 2.32. The van der Waals surface area contributed by atoms with Crippen molar-refractivity contribution in [2.24, 2.45) is 0 Å². The highest BCUT2D eigenvalue weighted by molar-refractivity contribution is 5.89. The third kappa shape index (κ3) is 1.53. The van der Waals surface area contributed by atoms with Crippen LogP contribution in [0.3, 0.4) is 0 Å². The second-order valence-corrected chi connectivity index (χ2v) is 5.39. The summed E-state index contributed by atoms with van der Waals surface area (Å²) in [6.07, 6.45) is 10.3. The predicted molar refractivity (Wildman–Crippen MR) is 62.6 cm³/mol. The SMILES string of the molecule is O=C1NC2=C(CCCC2)NC12CCCCC2. The van der Waals surface area contributed by atoms with Crippen LogP contribution >= 0.6 is 0 Å². The number of carbonyl (C=O) groups excluding carboxylic acids is 1. The Morgan fingerprint density at radius 3 is 2.31 bits per heavy atom. The molecule has 1 spiro atoms. The fraction of sp³-hybridized carbons (Fsp3) is 0.769. The Labute approximate surface area is 96.7 Å². The number of nitrogens with one attached hydrogen (secondary N) is 2. The van der Waals surface area contributed by atoms with Gasteiger partial charge in [0.15, 0.2) is 0 Å². The molecule has 1 fully saturated rings. The molecule has 0 atom stereocenters. The molecule has 0 radical (unpaired) electrons. The lowest BCUT2D eigenvalue weighted by atomic mass is 9.78. The molecule has 0 aromatic carbocycles. The molecule has 0 unspecified atom stereocenters. The highest BCUT2D eigenvalue weighted by atomic mass is 16.2. The second-order valence-electron chi connectivity index (χ2n) is 5.39. The van der Waals surface area contributed by atoms with E-state index in [1.165, 1.54) is 43.5 Å². The van der Waals surface area contributed by atoms with Crippen LogP contribution in [0.25, 0.3) is 0 Å². The Balaban J connectivity index is 1.87. The lowest BCUT2D eigenvalue weighted by Gasteiger charge is -2.43. The van der Waals surface area contributed by atoms with E-state index in [4.69, 9.17) is 0 Å². The van der Waals surface area contributed by atoms with E-state index in [1.807, 2.05) is 0 Å². The first-order chi connectivity index (χ1) is 7.80. The normalized spacial score (nSPS) is 28.4. The molecule has 3 heteroatoms. The van der Waals surface area contributed by atoms with Crippen LogP contribution in [-0.4, -0.2) is 11.4 Å². The summed E-state index contributed by atoms with van der Waals surface area (Å²) in [6.45, 7) is 0. The molecule has 88 valence electrons. The largest absolute Gasteiger partial charge is 0.373 e. The predicted octanol–water partition coefficient (Wildman–Crippen LogP) is 2.19. The van der Waals surface area contributed by atoms with Gasteiger partial charge < -0.3 is 10.6 Å². The van der Waals surface area contributed by atoms with E-state index < -0.39 is 0 Å². The van der Waals surface area contributed by atoms with Gasteiger partial charge in [-0.25, -0.2) is 0 Å². The highest BCUT2D eigenvalue weighted by Gasteiger charge is 2.43. The summed E-state index contributed by atoms with van der Waals surface area (Å²) in [5.41, 5.74) is 2.24. The van der Waals surface area contributed by atoms with Crippen LogP contribution in [-0.2, 0) is 4.79 Å². The van der Waals surface area contributed by atoms with E-state index in [-0.39, 0.29) is 11.4 Å². The first-order valence-electron chi connectivity index (χ1n) is 6.62. The maximum atomic E-state index is 12.2. The minimum atomic E-state index is -0.256. The van der Waals surface area contributed by atoms with Crippen LogP contribution in [0.15, 0.2) is 11.4 Å². The van der Waals surface area contributed by atoms with E-state index >= 15 is 0 Å². The van der Waals surface area contributed by atoms with Gasteiger partial charge in [0, 0.05) is 11.4 Å². The van der Waals surface area contributed by atoms with E-state index in [2.05, 4.69) is 10.6 Å². The molecule has 2 N–H and O–H groups in total. The maximum Gasteiger partial charge on any atom is 0.249 e. The van der Waals surface area contributed by atoms with E-state index in [9.17, 15) is 4.79 Å². The Hall–Kier alpha value is -0.990. The molecule has 0 bridgehead atoms. The Morgan fingerprint density at radius 1 is 0.875 bits per heavy atom. The monoisotopic (exact) mass is 220 g/mol. The van der Waals surface area contributed by atoms with Gasteiger partial charge in [0.1, 0.15) is 5.54 Å². The number of hydrogen-bond donors (Lipinski definition) is 2. The molecule has 3 aliphatic rings. The van der Waals surface area contributed by atoms with Gasteiger partial charge in [0.25, 0.3) is 0 Å². The van der Waals surface area contributed by atoms with Gasteiger partial charge in [-0.05, 0) is 38.5 Å². The van der Waals surface area contributed by atoms with Gasteiger partial charge in [0.2, 0.25) is 5.91 Å². The molecule has 0 saturated heterocycles. The zero-order valence-corrected chi connectivity index (χ0v) is 9.77. The van der Waals surface area contributed by atoms with Crippen molar-refractivity contribution < 1.29 is 4.79 Å². The number of amides is 1. The first-order valence-corrected chi connectivity index (χ1v) is 6.62. The summed E-state index contributed by atoms with van der Waals surface area (Å²) in [5.74, 6) is 0.229. The maximum absolute atomic E-state index is 12.2. The zero-order chi connectivity index (χ0) is 11.0. The molecule has 16 heavy (non-hydrogen) atoms. The van der Waals surface area contributed by atoms with Gasteiger partial charge in [-0.2, -0.15) is 0 Å². The molecule has 3 nitrogen and oxygen atoms in total. The Kier molecular flexibility index (Phi) is 2.41. The van der Waals surface area contributed by atoms with Crippen LogP contribution in [0.2, 0.25) is 0 Å².